The highest BCUT2D eigenvalue weighted by molar-refractivity contribution is 8.20. The van der Waals surface area contributed by atoms with E-state index in [2.05, 4.69) is 0 Å². The smallest absolute Gasteiger partial charge is 0.305 e. The summed E-state index contributed by atoms with van der Waals surface area (Å²) in [6.45, 7) is 0.198. The van der Waals surface area contributed by atoms with Gasteiger partial charge in [-0.15, -0.1) is 0 Å². The Labute approximate surface area is 122 Å². The summed E-state index contributed by atoms with van der Waals surface area (Å²) < 4.78 is 68.8. The predicted octanol–water partition coefficient (Wildman–Crippen LogP) is 1.51. The molecule has 2 rings (SSSR count). The monoisotopic (exact) mass is 354 g/mol. The van der Waals surface area contributed by atoms with Crippen molar-refractivity contribution < 1.29 is 39.2 Å². The lowest BCUT2D eigenvalue weighted by Gasteiger charge is -2.36. The van der Waals surface area contributed by atoms with Gasteiger partial charge in [0.2, 0.25) is 0 Å². The van der Waals surface area contributed by atoms with E-state index >= 15 is 0 Å². The second-order valence-electron chi connectivity index (χ2n) is 4.41. The number of hydrogen-bond acceptors (Lipinski definition) is 9. The van der Waals surface area contributed by atoms with Crippen LogP contribution in [0.3, 0.4) is 0 Å². The zero-order valence-electron chi connectivity index (χ0n) is 10.5. The third kappa shape index (κ3) is 5.38. The van der Waals surface area contributed by atoms with Crippen molar-refractivity contribution in [2.45, 2.75) is 25.0 Å². The second-order valence-corrected chi connectivity index (χ2v) is 8.77. The van der Waals surface area contributed by atoms with E-state index in [1.54, 1.807) is 0 Å². The van der Waals surface area contributed by atoms with Gasteiger partial charge in [0.1, 0.15) is 0 Å². The Morgan fingerprint density at radius 3 is 1.65 bits per heavy atom. The highest BCUT2D eigenvalue weighted by Gasteiger charge is 2.34. The molecule has 2 unspecified atom stereocenters. The molecule has 2 aliphatic heterocycles. The van der Waals surface area contributed by atoms with Gasteiger partial charge in [-0.3, -0.25) is 16.7 Å². The number of hydrogen-bond donors (Lipinski definition) is 4. The van der Waals surface area contributed by atoms with Crippen LogP contribution in [0.5, 0.6) is 0 Å². The van der Waals surface area contributed by atoms with Gasteiger partial charge >= 0.3 is 11.4 Å². The molecule has 0 bridgehead atoms. The molecule has 12 heteroatoms. The summed E-state index contributed by atoms with van der Waals surface area (Å²) in [5, 5.41) is 0. The molecule has 4 N–H and O–H groups in total. The first kappa shape index (κ1) is 16.9. The summed E-state index contributed by atoms with van der Waals surface area (Å²) in [5.74, 6) is -0.323. The first-order valence-electron chi connectivity index (χ1n) is 5.82. The van der Waals surface area contributed by atoms with E-state index in [1.807, 2.05) is 0 Å². The summed E-state index contributed by atoms with van der Waals surface area (Å²) in [6, 6.07) is 0. The fourth-order valence-corrected chi connectivity index (χ4v) is 5.12. The minimum Gasteiger partial charge on any atom is -0.308 e. The van der Waals surface area contributed by atoms with Gasteiger partial charge in [-0.1, -0.05) is 0 Å². The van der Waals surface area contributed by atoms with Gasteiger partial charge in [0.25, 0.3) is 0 Å². The van der Waals surface area contributed by atoms with Gasteiger partial charge in [0.05, 0.1) is 58.7 Å². The van der Waals surface area contributed by atoms with Crippen molar-refractivity contribution in [2.24, 2.45) is 0 Å². The van der Waals surface area contributed by atoms with Crippen molar-refractivity contribution in [3.05, 3.63) is 0 Å². The standard InChI is InChI=1S/C8H18O9S3/c9-18(16-7-1-3-14-19(10,11)5-7)17-8-2-4-15-20(12,13)6-8/h7-8,10-13H,1-6H2. The Hall–Kier alpha value is 0.530. The molecule has 0 aliphatic carbocycles. The third-order valence-corrected chi connectivity index (χ3v) is 6.22. The zero-order valence-corrected chi connectivity index (χ0v) is 12.9. The molecule has 2 aliphatic rings. The van der Waals surface area contributed by atoms with Crippen molar-refractivity contribution in [3.63, 3.8) is 0 Å². The average molecular weight is 354 g/mol. The van der Waals surface area contributed by atoms with E-state index in [0.29, 0.717) is 12.8 Å². The van der Waals surface area contributed by atoms with Crippen molar-refractivity contribution in [1.29, 1.82) is 0 Å². The topological polar surface area (TPSA) is 135 Å². The molecule has 0 saturated carbocycles. The molecule has 122 valence electrons. The molecule has 0 aromatic heterocycles. The van der Waals surface area contributed by atoms with E-state index < -0.39 is 45.3 Å². The van der Waals surface area contributed by atoms with Gasteiger partial charge < -0.3 is 18.2 Å². The lowest BCUT2D eigenvalue weighted by atomic mass is 10.3. The highest BCUT2D eigenvalue weighted by atomic mass is 32.3. The van der Waals surface area contributed by atoms with Gasteiger partial charge in [0, 0.05) is 12.8 Å². The largest absolute Gasteiger partial charge is 0.308 e. The Balaban J connectivity index is 1.78. The molecular formula is C8H18O9S3. The molecule has 0 aromatic rings. The fraction of sp³-hybridized carbons (Fsp3) is 1.00. The summed E-state index contributed by atoms with van der Waals surface area (Å²) in [6.07, 6.45) is -0.549. The van der Waals surface area contributed by atoms with Crippen LogP contribution in [0, 0.1) is 0 Å². The Morgan fingerprint density at radius 2 is 1.30 bits per heavy atom. The fourth-order valence-electron chi connectivity index (χ4n) is 1.77. The van der Waals surface area contributed by atoms with Crippen molar-refractivity contribution in [2.75, 3.05) is 24.7 Å². The Morgan fingerprint density at radius 1 is 0.900 bits per heavy atom. The molecule has 2 saturated heterocycles. The molecule has 20 heavy (non-hydrogen) atoms. The van der Waals surface area contributed by atoms with Crippen LogP contribution in [0.4, 0.5) is 0 Å². The number of rotatable bonds is 4. The molecular weight excluding hydrogens is 336 g/mol. The van der Waals surface area contributed by atoms with E-state index in [0.717, 1.165) is 0 Å². The predicted molar refractivity (Wildman–Crippen MR) is 74.5 cm³/mol. The van der Waals surface area contributed by atoms with Gasteiger partial charge in [-0.2, -0.15) is 4.21 Å². The first-order valence-corrected chi connectivity index (χ1v) is 10.1. The maximum atomic E-state index is 11.7. The second kappa shape index (κ2) is 6.75. The first-order chi connectivity index (χ1) is 9.26. The van der Waals surface area contributed by atoms with Crippen molar-refractivity contribution >= 4 is 33.1 Å². The average Bonchev–Trinajstić information content (AvgIpc) is 2.25. The van der Waals surface area contributed by atoms with Crippen LogP contribution in [-0.4, -0.2) is 59.3 Å². The van der Waals surface area contributed by atoms with Crippen LogP contribution in [-0.2, 0) is 28.1 Å². The van der Waals surface area contributed by atoms with Gasteiger partial charge in [-0.25, -0.2) is 0 Å². The maximum Gasteiger partial charge on any atom is 0.305 e. The van der Waals surface area contributed by atoms with Crippen LogP contribution in [0.25, 0.3) is 0 Å². The molecule has 2 heterocycles. The maximum absolute atomic E-state index is 11.7. The molecule has 2 atom stereocenters. The van der Waals surface area contributed by atoms with E-state index in [9.17, 15) is 22.4 Å². The third-order valence-electron chi connectivity index (χ3n) is 2.66. The lowest BCUT2D eigenvalue weighted by molar-refractivity contribution is 0.105. The van der Waals surface area contributed by atoms with Crippen LogP contribution in [0.15, 0.2) is 0 Å². The SMILES string of the molecule is O=S(OC1CCOS(O)(O)C1)OC1CCOS(O)(O)C1. The van der Waals surface area contributed by atoms with E-state index in [4.69, 9.17) is 16.7 Å². The minimum atomic E-state index is -3.14. The summed E-state index contributed by atoms with van der Waals surface area (Å²) in [7, 11) is -6.28. The van der Waals surface area contributed by atoms with Gasteiger partial charge in [-0.05, 0) is 0 Å². The van der Waals surface area contributed by atoms with Gasteiger partial charge in [0.15, 0.2) is 0 Å². The molecule has 0 amide bonds. The normalized spacial score (nSPS) is 37.8. The summed E-state index contributed by atoms with van der Waals surface area (Å²) in [4.78, 5) is 0. The summed E-state index contributed by atoms with van der Waals surface area (Å²) >= 11 is -2.11. The lowest BCUT2D eigenvalue weighted by Crippen LogP contribution is -2.34. The quantitative estimate of drug-likeness (QED) is 0.592. The van der Waals surface area contributed by atoms with Crippen LogP contribution < -0.4 is 0 Å². The molecule has 9 nitrogen and oxygen atoms in total. The Kier molecular flexibility index (Phi) is 5.70. The van der Waals surface area contributed by atoms with E-state index in [1.165, 1.54) is 0 Å². The van der Waals surface area contributed by atoms with Crippen molar-refractivity contribution in [1.82, 2.24) is 0 Å². The molecule has 0 spiro atoms. The minimum absolute atomic E-state index is 0.0992. The van der Waals surface area contributed by atoms with E-state index in [-0.39, 0.29) is 24.7 Å². The molecule has 2 fully saturated rings. The molecule has 0 radical (unpaired) electrons. The zero-order chi connectivity index (χ0) is 14.8. The van der Waals surface area contributed by atoms with Crippen LogP contribution in [0.2, 0.25) is 0 Å². The van der Waals surface area contributed by atoms with Crippen molar-refractivity contribution in [3.8, 4) is 0 Å². The van der Waals surface area contributed by atoms with Crippen LogP contribution in [0.1, 0.15) is 12.8 Å². The Bertz CT molecular complexity index is 331. The van der Waals surface area contributed by atoms with Crippen LogP contribution >= 0.6 is 21.7 Å². The highest BCUT2D eigenvalue weighted by Crippen LogP contribution is 2.46. The summed E-state index contributed by atoms with van der Waals surface area (Å²) in [5.41, 5.74) is 0. The molecule has 0 aromatic carbocycles.